The molecule has 112 valence electrons. The van der Waals surface area contributed by atoms with E-state index in [4.69, 9.17) is 16.7 Å². The Morgan fingerprint density at radius 3 is 2.38 bits per heavy atom. The van der Waals surface area contributed by atoms with Crippen molar-refractivity contribution in [2.24, 2.45) is 0 Å². The summed E-state index contributed by atoms with van der Waals surface area (Å²) in [5.41, 5.74) is -0.207. The van der Waals surface area contributed by atoms with E-state index >= 15 is 0 Å². The molecule has 1 aromatic carbocycles. The number of halogens is 1. The molecule has 1 aliphatic heterocycles. The van der Waals surface area contributed by atoms with Crippen LogP contribution in [0.5, 0.6) is 0 Å². The zero-order valence-corrected chi connectivity index (χ0v) is 13.5. The van der Waals surface area contributed by atoms with Crippen LogP contribution in [-0.2, 0) is 10.0 Å². The van der Waals surface area contributed by atoms with Crippen LogP contribution in [0.25, 0.3) is 0 Å². The molecule has 9 heteroatoms. The van der Waals surface area contributed by atoms with E-state index in [1.165, 1.54) is 16.4 Å². The van der Waals surface area contributed by atoms with Crippen molar-refractivity contribution in [3.05, 3.63) is 28.8 Å². The topological polar surface area (TPSA) is 77.9 Å². The fourth-order valence-electron chi connectivity index (χ4n) is 2.01. The first-order valence-electron chi connectivity index (χ1n) is 6.04. The maximum Gasteiger partial charge on any atom is 1.00 e. The molecule has 0 saturated carbocycles. The molecule has 0 aromatic heterocycles. The summed E-state index contributed by atoms with van der Waals surface area (Å²) in [6.07, 6.45) is 0. The third kappa shape index (κ3) is 4.00. The largest absolute Gasteiger partial charge is 1.00 e. The second-order valence-corrected chi connectivity index (χ2v) is 7.00. The molecule has 1 aromatic rings. The van der Waals surface area contributed by atoms with Gasteiger partial charge in [0.1, 0.15) is 0 Å². The monoisotopic (exact) mass is 326 g/mol. The van der Waals surface area contributed by atoms with Crippen molar-refractivity contribution in [1.82, 2.24) is 9.21 Å². The van der Waals surface area contributed by atoms with E-state index in [0.29, 0.717) is 26.2 Å². The molecule has 0 atom stereocenters. The average molecular weight is 327 g/mol. The van der Waals surface area contributed by atoms with Gasteiger partial charge in [0.05, 0.1) is 15.5 Å². The van der Waals surface area contributed by atoms with Crippen molar-refractivity contribution in [3.8, 4) is 0 Å². The fourth-order valence-corrected chi connectivity index (χ4v) is 3.65. The summed E-state index contributed by atoms with van der Waals surface area (Å²) in [5, 5.41) is 9.02. The molecule has 1 N–H and O–H groups in total. The number of sulfonamides is 1. The van der Waals surface area contributed by atoms with Gasteiger partial charge in [-0.2, -0.15) is 4.31 Å². The van der Waals surface area contributed by atoms with Gasteiger partial charge in [-0.05, 0) is 25.2 Å². The number of benzene rings is 1. The molecular formula is C12H16ClLiN2O4S. The number of carboxylic acid groups (broad SMARTS) is 1. The van der Waals surface area contributed by atoms with E-state index < -0.39 is 16.0 Å². The Morgan fingerprint density at radius 2 is 1.86 bits per heavy atom. The van der Waals surface area contributed by atoms with Gasteiger partial charge in [0.15, 0.2) is 0 Å². The Kier molecular flexibility index (Phi) is 6.29. The van der Waals surface area contributed by atoms with E-state index in [0.717, 1.165) is 6.07 Å². The minimum atomic E-state index is -3.67. The van der Waals surface area contributed by atoms with E-state index in [9.17, 15) is 13.2 Å². The summed E-state index contributed by atoms with van der Waals surface area (Å²) >= 11 is 5.75. The maximum absolute atomic E-state index is 12.5. The maximum atomic E-state index is 12.5. The number of piperazine rings is 1. The van der Waals surface area contributed by atoms with Gasteiger partial charge in [-0.3, -0.25) is 0 Å². The third-order valence-electron chi connectivity index (χ3n) is 3.27. The van der Waals surface area contributed by atoms with Gasteiger partial charge < -0.3 is 11.4 Å². The van der Waals surface area contributed by atoms with Gasteiger partial charge in [-0.15, -0.1) is 0 Å². The van der Waals surface area contributed by atoms with Gasteiger partial charge >= 0.3 is 24.8 Å². The van der Waals surface area contributed by atoms with Crippen molar-refractivity contribution in [1.29, 1.82) is 0 Å². The predicted molar refractivity (Wildman–Crippen MR) is 75.8 cm³/mol. The first kappa shape index (κ1) is 18.5. The predicted octanol–water partition coefficient (Wildman–Crippen LogP) is -1.91. The zero-order valence-electron chi connectivity index (χ0n) is 12.9. The van der Waals surface area contributed by atoms with Gasteiger partial charge in [-0.1, -0.05) is 11.6 Å². The van der Waals surface area contributed by atoms with Crippen molar-refractivity contribution in [2.45, 2.75) is 4.90 Å². The molecule has 2 rings (SSSR count). The molecule has 1 saturated heterocycles. The number of aromatic carboxylic acids is 1. The summed E-state index contributed by atoms with van der Waals surface area (Å²) in [6.45, 7) is 2.09. The first-order valence-corrected chi connectivity index (χ1v) is 7.85. The van der Waals surface area contributed by atoms with Gasteiger partial charge in [0, 0.05) is 26.2 Å². The molecule has 21 heavy (non-hydrogen) atoms. The molecular weight excluding hydrogens is 311 g/mol. The Labute approximate surface area is 142 Å². The second kappa shape index (κ2) is 7.14. The molecule has 1 fully saturated rings. The molecule has 0 amide bonds. The molecule has 0 unspecified atom stereocenters. The van der Waals surface area contributed by atoms with E-state index in [-0.39, 0.29) is 35.8 Å². The van der Waals surface area contributed by atoms with Crippen LogP contribution in [0.2, 0.25) is 5.02 Å². The Hall–Kier alpha value is -0.553. The quantitative estimate of drug-likeness (QED) is 0.656. The summed E-state index contributed by atoms with van der Waals surface area (Å²) in [4.78, 5) is 13.0. The molecule has 0 radical (unpaired) electrons. The van der Waals surface area contributed by atoms with Gasteiger partial charge in [-0.25, -0.2) is 13.2 Å². The van der Waals surface area contributed by atoms with E-state index in [2.05, 4.69) is 0 Å². The number of likely N-dealkylation sites (N-methyl/N-ethyl adjacent to an activating group) is 1. The summed E-state index contributed by atoms with van der Waals surface area (Å²) in [7, 11) is -1.75. The van der Waals surface area contributed by atoms with Crippen molar-refractivity contribution < 1.29 is 38.6 Å². The van der Waals surface area contributed by atoms with Crippen LogP contribution in [0.3, 0.4) is 0 Å². The average Bonchev–Trinajstić information content (AvgIpc) is 2.39. The van der Waals surface area contributed by atoms with Gasteiger partial charge in [0.25, 0.3) is 0 Å². The molecule has 6 nitrogen and oxygen atoms in total. The number of rotatable bonds is 3. The number of nitrogens with zero attached hydrogens (tertiary/aromatic N) is 2. The van der Waals surface area contributed by atoms with Crippen molar-refractivity contribution in [2.75, 3.05) is 33.2 Å². The standard InChI is InChI=1S/C12H15ClN2O4S.Li.H/c1-14-4-6-15(7-5-14)20(18,19)9-2-3-11(13)10(8-9)12(16)17;;/h2-3,8H,4-7H2,1H3,(H,16,17);;/q;+1;-1. The van der Waals surface area contributed by atoms with E-state index in [1.54, 1.807) is 0 Å². The molecule has 0 spiro atoms. The summed E-state index contributed by atoms with van der Waals surface area (Å²) < 4.78 is 26.3. The summed E-state index contributed by atoms with van der Waals surface area (Å²) in [5.74, 6) is -1.24. The van der Waals surface area contributed by atoms with Crippen LogP contribution >= 0.6 is 11.6 Å². The normalized spacial score (nSPS) is 17.2. The van der Waals surface area contributed by atoms with Crippen LogP contribution in [0.15, 0.2) is 23.1 Å². The van der Waals surface area contributed by atoms with Crippen LogP contribution in [-0.4, -0.2) is 61.9 Å². The minimum absolute atomic E-state index is 0. The minimum Gasteiger partial charge on any atom is -1.00 e. The Bertz CT molecular complexity index is 636. The number of carbonyl (C=O) groups is 1. The van der Waals surface area contributed by atoms with E-state index in [1.807, 2.05) is 11.9 Å². The third-order valence-corrected chi connectivity index (χ3v) is 5.49. The van der Waals surface area contributed by atoms with Crippen LogP contribution < -0.4 is 18.9 Å². The Morgan fingerprint density at radius 1 is 1.29 bits per heavy atom. The van der Waals surface area contributed by atoms with Crippen LogP contribution in [0, 0.1) is 0 Å². The number of hydrogen-bond acceptors (Lipinski definition) is 4. The molecule has 0 bridgehead atoms. The Balaban J connectivity index is 0.00000220. The van der Waals surface area contributed by atoms with Crippen LogP contribution in [0.4, 0.5) is 0 Å². The molecule has 0 aliphatic carbocycles. The van der Waals surface area contributed by atoms with Crippen molar-refractivity contribution in [3.63, 3.8) is 0 Å². The first-order chi connectivity index (χ1) is 9.32. The van der Waals surface area contributed by atoms with Crippen LogP contribution in [0.1, 0.15) is 11.8 Å². The zero-order chi connectivity index (χ0) is 14.9. The van der Waals surface area contributed by atoms with Gasteiger partial charge in [0.2, 0.25) is 10.0 Å². The second-order valence-electron chi connectivity index (χ2n) is 4.65. The smallest absolute Gasteiger partial charge is 1.00 e. The fraction of sp³-hybridized carbons (Fsp3) is 0.417. The van der Waals surface area contributed by atoms with Crippen molar-refractivity contribution >= 4 is 27.6 Å². The number of hydrogen-bond donors (Lipinski definition) is 1. The summed E-state index contributed by atoms with van der Waals surface area (Å²) in [6, 6.07) is 3.74. The number of carboxylic acids is 1. The SMILES string of the molecule is CN1CCN(S(=O)(=O)c2ccc(Cl)c(C(=O)O)c2)CC1.[H-].[Li+]. The molecule has 1 heterocycles. The molecule has 1 aliphatic rings.